The first-order valence-electron chi connectivity index (χ1n) is 6.37. The molecule has 2 rings (SSSR count). The largest absolute Gasteiger partial charge is 0.481 e. The Morgan fingerprint density at radius 3 is 2.38 bits per heavy atom. The first kappa shape index (κ1) is 15.4. The van der Waals surface area contributed by atoms with Crippen LogP contribution in [-0.2, 0) is 14.8 Å². The lowest BCUT2D eigenvalue weighted by Crippen LogP contribution is -2.41. The van der Waals surface area contributed by atoms with E-state index in [-0.39, 0.29) is 0 Å². The molecule has 1 saturated carbocycles. The van der Waals surface area contributed by atoms with Gasteiger partial charge in [0, 0.05) is 12.2 Å². The molecule has 4 N–H and O–H groups in total. The summed E-state index contributed by atoms with van der Waals surface area (Å²) >= 11 is 0. The lowest BCUT2D eigenvalue weighted by Gasteiger charge is -2.26. The van der Waals surface area contributed by atoms with E-state index in [9.17, 15) is 22.8 Å². The number of hydrogen-bond donors (Lipinski definition) is 4. The highest BCUT2D eigenvalue weighted by Crippen LogP contribution is 2.25. The van der Waals surface area contributed by atoms with Gasteiger partial charge < -0.3 is 10.1 Å². The molecule has 1 heterocycles. The van der Waals surface area contributed by atoms with Crippen LogP contribution in [0.3, 0.4) is 0 Å². The van der Waals surface area contributed by atoms with E-state index in [0.29, 0.717) is 25.7 Å². The number of carbonyl (C=O) groups is 1. The van der Waals surface area contributed by atoms with Crippen LogP contribution in [0.4, 0.5) is 0 Å². The number of carboxylic acid groups (broad SMARTS) is 1. The second kappa shape index (κ2) is 5.82. The summed E-state index contributed by atoms with van der Waals surface area (Å²) in [5.41, 5.74) is -1.79. The Morgan fingerprint density at radius 1 is 1.24 bits per heavy atom. The molecule has 0 amide bonds. The van der Waals surface area contributed by atoms with Gasteiger partial charge in [0.25, 0.3) is 5.56 Å². The summed E-state index contributed by atoms with van der Waals surface area (Å²) in [6.45, 7) is 0. The molecule has 9 nitrogen and oxygen atoms in total. The maximum atomic E-state index is 12.1. The number of nitrogens with one attached hydrogen (secondary N) is 3. The van der Waals surface area contributed by atoms with Crippen molar-refractivity contribution in [2.24, 2.45) is 5.92 Å². The molecule has 0 radical (unpaired) electrons. The minimum Gasteiger partial charge on any atom is -0.481 e. The van der Waals surface area contributed by atoms with E-state index in [2.05, 4.69) is 9.71 Å². The average Bonchev–Trinajstić information content (AvgIpc) is 2.38. The van der Waals surface area contributed by atoms with E-state index in [4.69, 9.17) is 5.11 Å². The van der Waals surface area contributed by atoms with Crippen LogP contribution in [0.25, 0.3) is 0 Å². The summed E-state index contributed by atoms with van der Waals surface area (Å²) < 4.78 is 26.5. The Balaban J connectivity index is 2.10. The number of aromatic nitrogens is 2. The fourth-order valence-electron chi connectivity index (χ4n) is 2.34. The monoisotopic (exact) mass is 317 g/mol. The van der Waals surface area contributed by atoms with Gasteiger partial charge in [-0.25, -0.2) is 17.9 Å². The number of H-pyrrole nitrogens is 2. The van der Waals surface area contributed by atoms with Gasteiger partial charge >= 0.3 is 11.7 Å². The van der Waals surface area contributed by atoms with E-state index < -0.39 is 44.1 Å². The predicted molar refractivity (Wildman–Crippen MR) is 71.4 cm³/mol. The topological polar surface area (TPSA) is 149 Å². The van der Waals surface area contributed by atoms with Crippen LogP contribution < -0.4 is 16.0 Å². The molecule has 0 aliphatic heterocycles. The van der Waals surface area contributed by atoms with Crippen LogP contribution in [0.15, 0.2) is 20.7 Å². The van der Waals surface area contributed by atoms with Gasteiger partial charge in [-0.05, 0) is 25.7 Å². The van der Waals surface area contributed by atoms with Gasteiger partial charge in [0.05, 0.1) is 5.92 Å². The molecule has 10 heteroatoms. The highest BCUT2D eigenvalue weighted by molar-refractivity contribution is 7.89. The molecular formula is C11H15N3O6S. The third kappa shape index (κ3) is 3.58. The molecule has 116 valence electrons. The molecule has 1 aliphatic rings. The number of carboxylic acids is 1. The number of aliphatic carboxylic acids is 1. The second-order valence-corrected chi connectivity index (χ2v) is 6.63. The SMILES string of the molecule is O=C(O)C1CCC(NS(=O)(=O)c2c[nH]c(=O)[nH]c2=O)CC1. The molecule has 0 saturated heterocycles. The zero-order chi connectivity index (χ0) is 15.6. The van der Waals surface area contributed by atoms with Crippen molar-refractivity contribution in [3.05, 3.63) is 27.0 Å². The van der Waals surface area contributed by atoms with Crippen molar-refractivity contribution < 1.29 is 18.3 Å². The standard InChI is InChI=1S/C11H15N3O6S/c15-9-8(5-12-11(18)13-9)21(19,20)14-7-3-1-6(2-4-7)10(16)17/h5-7,14H,1-4H2,(H,16,17)(H2,12,13,15,18). The van der Waals surface area contributed by atoms with Crippen molar-refractivity contribution in [1.82, 2.24) is 14.7 Å². The summed E-state index contributed by atoms with van der Waals surface area (Å²) in [6.07, 6.45) is 2.37. The molecule has 0 unspecified atom stereocenters. The summed E-state index contributed by atoms with van der Waals surface area (Å²) in [6, 6.07) is -0.420. The number of sulfonamides is 1. The van der Waals surface area contributed by atoms with Gasteiger partial charge in [-0.1, -0.05) is 0 Å². The first-order valence-corrected chi connectivity index (χ1v) is 7.85. The molecule has 0 bridgehead atoms. The van der Waals surface area contributed by atoms with Crippen molar-refractivity contribution in [3.63, 3.8) is 0 Å². The molecule has 1 fully saturated rings. The number of hydrogen-bond acceptors (Lipinski definition) is 5. The fraction of sp³-hybridized carbons (Fsp3) is 0.545. The van der Waals surface area contributed by atoms with Gasteiger partial charge in [-0.2, -0.15) is 0 Å². The first-order chi connectivity index (χ1) is 9.79. The summed E-state index contributed by atoms with van der Waals surface area (Å²) in [5.74, 6) is -1.34. The zero-order valence-corrected chi connectivity index (χ0v) is 11.8. The highest BCUT2D eigenvalue weighted by atomic mass is 32.2. The Bertz CT molecular complexity index is 742. The third-order valence-corrected chi connectivity index (χ3v) is 5.00. The quantitative estimate of drug-likeness (QED) is 0.558. The zero-order valence-electron chi connectivity index (χ0n) is 11.0. The minimum atomic E-state index is -4.06. The molecule has 0 atom stereocenters. The second-order valence-electron chi connectivity index (χ2n) is 4.94. The van der Waals surface area contributed by atoms with Gasteiger partial charge in [-0.3, -0.25) is 14.6 Å². The Kier molecular flexibility index (Phi) is 4.28. The van der Waals surface area contributed by atoms with Gasteiger partial charge in [0.1, 0.15) is 0 Å². The Morgan fingerprint density at radius 2 is 1.86 bits per heavy atom. The van der Waals surface area contributed by atoms with Gasteiger partial charge in [0.15, 0.2) is 4.90 Å². The smallest absolute Gasteiger partial charge is 0.325 e. The van der Waals surface area contributed by atoms with Crippen molar-refractivity contribution in [2.45, 2.75) is 36.6 Å². The van der Waals surface area contributed by atoms with E-state index in [1.165, 1.54) is 0 Å². The van der Waals surface area contributed by atoms with Gasteiger partial charge in [-0.15, -0.1) is 0 Å². The lowest BCUT2D eigenvalue weighted by atomic mass is 9.87. The minimum absolute atomic E-state index is 0.379. The molecule has 1 aromatic heterocycles. The lowest BCUT2D eigenvalue weighted by molar-refractivity contribution is -0.142. The Hall–Kier alpha value is -1.94. The van der Waals surface area contributed by atoms with Crippen LogP contribution in [0.2, 0.25) is 0 Å². The van der Waals surface area contributed by atoms with Gasteiger partial charge in [0.2, 0.25) is 10.0 Å². The van der Waals surface area contributed by atoms with Crippen LogP contribution in [0.5, 0.6) is 0 Å². The molecule has 1 aromatic rings. The maximum absolute atomic E-state index is 12.1. The van der Waals surface area contributed by atoms with E-state index in [0.717, 1.165) is 6.20 Å². The van der Waals surface area contributed by atoms with Crippen molar-refractivity contribution in [1.29, 1.82) is 0 Å². The molecule has 1 aliphatic carbocycles. The summed E-state index contributed by atoms with van der Waals surface area (Å²) in [4.78, 5) is 36.6. The van der Waals surface area contributed by atoms with E-state index >= 15 is 0 Å². The summed E-state index contributed by atoms with van der Waals surface area (Å²) in [7, 11) is -4.06. The molecular weight excluding hydrogens is 302 g/mol. The van der Waals surface area contributed by atoms with Crippen molar-refractivity contribution in [2.75, 3.05) is 0 Å². The number of aromatic amines is 2. The molecule has 0 spiro atoms. The highest BCUT2D eigenvalue weighted by Gasteiger charge is 2.29. The molecule has 0 aromatic carbocycles. The van der Waals surface area contributed by atoms with Crippen LogP contribution in [0, 0.1) is 5.92 Å². The van der Waals surface area contributed by atoms with E-state index in [1.807, 2.05) is 4.98 Å². The predicted octanol–water partition coefficient (Wildman–Crippen LogP) is -1.02. The van der Waals surface area contributed by atoms with Crippen LogP contribution in [0.1, 0.15) is 25.7 Å². The molecule has 21 heavy (non-hydrogen) atoms. The van der Waals surface area contributed by atoms with Crippen LogP contribution >= 0.6 is 0 Å². The van der Waals surface area contributed by atoms with Crippen molar-refractivity contribution >= 4 is 16.0 Å². The van der Waals surface area contributed by atoms with Crippen LogP contribution in [-0.4, -0.2) is 35.5 Å². The van der Waals surface area contributed by atoms with Crippen molar-refractivity contribution in [3.8, 4) is 0 Å². The maximum Gasteiger partial charge on any atom is 0.325 e. The normalized spacial score (nSPS) is 22.9. The summed E-state index contributed by atoms with van der Waals surface area (Å²) in [5, 5.41) is 8.88. The third-order valence-electron chi connectivity index (χ3n) is 3.47. The fourth-order valence-corrected chi connectivity index (χ4v) is 3.65. The average molecular weight is 317 g/mol. The Labute approximate surface area is 119 Å². The van der Waals surface area contributed by atoms with E-state index in [1.54, 1.807) is 0 Å². The number of rotatable bonds is 4.